The van der Waals surface area contributed by atoms with Gasteiger partial charge >= 0.3 is 0 Å². The predicted molar refractivity (Wildman–Crippen MR) is 77.2 cm³/mol. The molecule has 0 spiro atoms. The van der Waals surface area contributed by atoms with Gasteiger partial charge in [-0.3, -0.25) is 0 Å². The zero-order valence-corrected chi connectivity index (χ0v) is 12.1. The van der Waals surface area contributed by atoms with E-state index in [2.05, 4.69) is 23.0 Å². The highest BCUT2D eigenvalue weighted by Gasteiger charge is 2.50. The lowest BCUT2D eigenvalue weighted by molar-refractivity contribution is -0.0194. The van der Waals surface area contributed by atoms with Crippen molar-refractivity contribution in [2.45, 2.75) is 56.4 Å². The highest BCUT2D eigenvalue weighted by Crippen LogP contribution is 2.55. The molecule has 1 atom stereocenters. The van der Waals surface area contributed by atoms with Crippen LogP contribution in [0.25, 0.3) is 0 Å². The van der Waals surface area contributed by atoms with Crippen molar-refractivity contribution in [1.82, 2.24) is 10.6 Å². The van der Waals surface area contributed by atoms with Crippen molar-refractivity contribution < 1.29 is 0 Å². The molecule has 1 heterocycles. The molecule has 100 valence electrons. The molecule has 0 aromatic heterocycles. The molecule has 2 N–H and O–H groups in total. The summed E-state index contributed by atoms with van der Waals surface area (Å²) in [6, 6.07) is 0. The largest absolute Gasteiger partial charge is 0.375 e. The van der Waals surface area contributed by atoms with E-state index in [1.54, 1.807) is 0 Å². The Morgan fingerprint density at radius 2 is 1.83 bits per heavy atom. The molecule has 3 heteroatoms. The first-order valence-corrected chi connectivity index (χ1v) is 8.49. The Balaban J connectivity index is 1.39. The van der Waals surface area contributed by atoms with Gasteiger partial charge in [-0.25, -0.2) is 0 Å². The Bertz CT molecular complexity index is 341. The van der Waals surface area contributed by atoms with Gasteiger partial charge in [0.15, 0.2) is 0 Å². The lowest BCUT2D eigenvalue weighted by atomic mass is 9.53. The molecule has 2 nitrogen and oxygen atoms in total. The standard InChI is InChI=1S/C15H24N2S/c1-10-9-18-14(17-10)8-16-15-5-11-2-12(6-15)4-13(3-11)7-15/h9,11-14,16-17H,2-8H2,1H3. The molecule has 0 radical (unpaired) electrons. The summed E-state index contributed by atoms with van der Waals surface area (Å²) < 4.78 is 0. The molecule has 4 bridgehead atoms. The van der Waals surface area contributed by atoms with E-state index < -0.39 is 0 Å². The van der Waals surface area contributed by atoms with E-state index in [1.165, 1.54) is 44.2 Å². The van der Waals surface area contributed by atoms with E-state index in [1.807, 2.05) is 11.8 Å². The maximum absolute atomic E-state index is 3.97. The summed E-state index contributed by atoms with van der Waals surface area (Å²) in [7, 11) is 0. The van der Waals surface area contributed by atoms with Crippen molar-refractivity contribution in [2.75, 3.05) is 6.54 Å². The maximum atomic E-state index is 3.97. The SMILES string of the molecule is CC1=CSC(CNC23CC4CC(CC(C4)C2)C3)N1. The highest BCUT2D eigenvalue weighted by atomic mass is 32.2. The fourth-order valence-electron chi connectivity index (χ4n) is 5.24. The van der Waals surface area contributed by atoms with E-state index in [-0.39, 0.29) is 0 Å². The van der Waals surface area contributed by atoms with Crippen molar-refractivity contribution >= 4 is 11.8 Å². The predicted octanol–water partition coefficient (Wildman–Crippen LogP) is 3.07. The van der Waals surface area contributed by atoms with Crippen LogP contribution in [0.2, 0.25) is 0 Å². The second-order valence-corrected chi connectivity index (χ2v) is 8.23. The Morgan fingerprint density at radius 1 is 1.22 bits per heavy atom. The van der Waals surface area contributed by atoms with Gasteiger partial charge in [-0.15, -0.1) is 11.8 Å². The minimum Gasteiger partial charge on any atom is -0.375 e. The van der Waals surface area contributed by atoms with Gasteiger partial charge in [0.1, 0.15) is 0 Å². The minimum atomic E-state index is 0.521. The van der Waals surface area contributed by atoms with Crippen molar-refractivity contribution in [3.8, 4) is 0 Å². The minimum absolute atomic E-state index is 0.521. The summed E-state index contributed by atoms with van der Waals surface area (Å²) in [5, 5.41) is 10.3. The smallest absolute Gasteiger partial charge is 0.0886 e. The topological polar surface area (TPSA) is 24.1 Å². The monoisotopic (exact) mass is 264 g/mol. The van der Waals surface area contributed by atoms with Crippen molar-refractivity contribution in [2.24, 2.45) is 17.8 Å². The quantitative estimate of drug-likeness (QED) is 0.819. The van der Waals surface area contributed by atoms with Crippen molar-refractivity contribution in [3.63, 3.8) is 0 Å². The molecule has 0 aromatic carbocycles. The summed E-state index contributed by atoms with van der Waals surface area (Å²) in [5.74, 6) is 3.15. The number of hydrogen-bond acceptors (Lipinski definition) is 3. The van der Waals surface area contributed by atoms with Crippen LogP contribution in [0, 0.1) is 17.8 Å². The number of thioether (sulfide) groups is 1. The third-order valence-electron chi connectivity index (χ3n) is 5.50. The molecule has 1 unspecified atom stereocenters. The van der Waals surface area contributed by atoms with Crippen LogP contribution in [0.5, 0.6) is 0 Å². The third kappa shape index (κ3) is 2.00. The number of allylic oxidation sites excluding steroid dienone is 1. The summed E-state index contributed by atoms with van der Waals surface area (Å²) in [4.78, 5) is 0. The Labute approximate surface area is 114 Å². The van der Waals surface area contributed by atoms with E-state index in [0.29, 0.717) is 10.9 Å². The average Bonchev–Trinajstić information content (AvgIpc) is 2.71. The molecule has 4 aliphatic carbocycles. The Kier molecular flexibility index (Phi) is 2.70. The van der Waals surface area contributed by atoms with Crippen LogP contribution < -0.4 is 10.6 Å². The lowest BCUT2D eigenvalue weighted by Crippen LogP contribution is -2.59. The molecule has 0 aromatic rings. The first kappa shape index (κ1) is 11.7. The number of nitrogens with one attached hydrogen (secondary N) is 2. The second-order valence-electron chi connectivity index (χ2n) is 7.15. The van der Waals surface area contributed by atoms with Crippen LogP contribution in [-0.4, -0.2) is 17.5 Å². The average molecular weight is 264 g/mol. The van der Waals surface area contributed by atoms with Gasteiger partial charge in [0.25, 0.3) is 0 Å². The maximum Gasteiger partial charge on any atom is 0.0886 e. The van der Waals surface area contributed by atoms with Gasteiger partial charge in [-0.1, -0.05) is 0 Å². The van der Waals surface area contributed by atoms with Gasteiger partial charge in [0.2, 0.25) is 0 Å². The molecule has 4 fully saturated rings. The lowest BCUT2D eigenvalue weighted by Gasteiger charge is -2.57. The normalized spacial score (nSPS) is 49.3. The zero-order chi connectivity index (χ0) is 12.2. The highest BCUT2D eigenvalue weighted by molar-refractivity contribution is 8.03. The molecule has 5 aliphatic rings. The van der Waals surface area contributed by atoms with Crippen molar-refractivity contribution in [3.05, 3.63) is 11.1 Å². The molecular weight excluding hydrogens is 240 g/mol. The fraction of sp³-hybridized carbons (Fsp3) is 0.867. The molecule has 18 heavy (non-hydrogen) atoms. The van der Waals surface area contributed by atoms with Crippen LogP contribution in [0.4, 0.5) is 0 Å². The molecule has 1 aliphatic heterocycles. The fourth-order valence-corrected chi connectivity index (χ4v) is 6.11. The Morgan fingerprint density at radius 3 is 2.33 bits per heavy atom. The molecule has 4 saturated carbocycles. The number of rotatable bonds is 3. The van der Waals surface area contributed by atoms with Gasteiger partial charge < -0.3 is 10.6 Å². The van der Waals surface area contributed by atoms with Gasteiger partial charge in [0.05, 0.1) is 5.37 Å². The Hall–Kier alpha value is -0.150. The van der Waals surface area contributed by atoms with Crippen molar-refractivity contribution in [1.29, 1.82) is 0 Å². The summed E-state index contributed by atoms with van der Waals surface area (Å²) in [6.45, 7) is 3.29. The van der Waals surface area contributed by atoms with Crippen LogP contribution in [0.3, 0.4) is 0 Å². The molecule has 5 rings (SSSR count). The van der Waals surface area contributed by atoms with Crippen LogP contribution in [0.15, 0.2) is 11.1 Å². The summed E-state index contributed by atoms with van der Waals surface area (Å²) in [6.07, 6.45) is 9.00. The van der Waals surface area contributed by atoms with Gasteiger partial charge in [-0.2, -0.15) is 0 Å². The van der Waals surface area contributed by atoms with E-state index in [4.69, 9.17) is 0 Å². The van der Waals surface area contributed by atoms with Crippen LogP contribution >= 0.6 is 11.8 Å². The van der Waals surface area contributed by atoms with Crippen LogP contribution in [0.1, 0.15) is 45.4 Å². The molecular formula is C15H24N2S. The van der Waals surface area contributed by atoms with E-state index in [9.17, 15) is 0 Å². The molecule has 0 saturated heterocycles. The second kappa shape index (κ2) is 4.17. The van der Waals surface area contributed by atoms with E-state index >= 15 is 0 Å². The zero-order valence-electron chi connectivity index (χ0n) is 11.2. The first-order chi connectivity index (χ1) is 8.71. The van der Waals surface area contributed by atoms with Crippen LogP contribution in [-0.2, 0) is 0 Å². The summed E-state index contributed by atoms with van der Waals surface area (Å²) >= 11 is 1.94. The van der Waals surface area contributed by atoms with E-state index in [0.717, 1.165) is 24.3 Å². The number of hydrogen-bond donors (Lipinski definition) is 2. The third-order valence-corrected chi connectivity index (χ3v) is 6.60. The van der Waals surface area contributed by atoms with Gasteiger partial charge in [0, 0.05) is 17.8 Å². The summed E-state index contributed by atoms with van der Waals surface area (Å²) in [5.41, 5.74) is 1.85. The first-order valence-electron chi connectivity index (χ1n) is 7.55. The molecule has 0 amide bonds. The van der Waals surface area contributed by atoms with Gasteiger partial charge in [-0.05, 0) is 68.6 Å².